The number of carbonyl (C=O) groups excluding carboxylic acids is 1. The number of nitrogens with zero attached hydrogens (tertiary/aromatic N) is 3. The van der Waals surface area contributed by atoms with Crippen molar-refractivity contribution in [1.82, 2.24) is 14.7 Å². The van der Waals surface area contributed by atoms with Crippen molar-refractivity contribution in [1.29, 1.82) is 0 Å². The molecule has 0 aliphatic carbocycles. The van der Waals surface area contributed by atoms with E-state index in [9.17, 15) is 4.79 Å². The fraction of sp³-hybridized carbons (Fsp3) is 0.692. The molecule has 0 spiro atoms. The van der Waals surface area contributed by atoms with Gasteiger partial charge in [0.15, 0.2) is 0 Å². The molecule has 0 N–H and O–H groups in total. The normalized spacial score (nSPS) is 21.9. The lowest BCUT2D eigenvalue weighted by molar-refractivity contribution is -0.137. The first kappa shape index (κ1) is 13.4. The summed E-state index contributed by atoms with van der Waals surface area (Å²) in [7, 11) is 0. The molecule has 0 aromatic carbocycles. The molecule has 2 heterocycles. The zero-order valence-corrected chi connectivity index (χ0v) is 11.7. The third-order valence-corrected chi connectivity index (χ3v) is 3.65. The van der Waals surface area contributed by atoms with Gasteiger partial charge in [0.2, 0.25) is 5.91 Å². The van der Waals surface area contributed by atoms with Crippen LogP contribution < -0.4 is 0 Å². The highest BCUT2D eigenvalue weighted by Crippen LogP contribution is 2.18. The van der Waals surface area contributed by atoms with Crippen molar-refractivity contribution >= 4 is 17.5 Å². The fourth-order valence-corrected chi connectivity index (χ4v) is 2.65. The number of halogens is 1. The third-order valence-electron chi connectivity index (χ3n) is 3.45. The third kappa shape index (κ3) is 3.25. The zero-order valence-electron chi connectivity index (χ0n) is 11.0. The zero-order chi connectivity index (χ0) is 13.1. The number of hydrogen-bond acceptors (Lipinski definition) is 2. The summed E-state index contributed by atoms with van der Waals surface area (Å²) in [5.41, 5.74) is 0. The summed E-state index contributed by atoms with van der Waals surface area (Å²) >= 11 is 5.81. The Kier molecular flexibility index (Phi) is 4.27. The van der Waals surface area contributed by atoms with Gasteiger partial charge in [0, 0.05) is 19.3 Å². The second-order valence-electron chi connectivity index (χ2n) is 5.31. The largest absolute Gasteiger partial charge is 0.342 e. The number of piperidine rings is 1. The van der Waals surface area contributed by atoms with Gasteiger partial charge in [0.25, 0.3) is 0 Å². The van der Waals surface area contributed by atoms with Crippen molar-refractivity contribution in [2.45, 2.75) is 33.2 Å². The van der Waals surface area contributed by atoms with E-state index < -0.39 is 0 Å². The van der Waals surface area contributed by atoms with Gasteiger partial charge in [0.05, 0.1) is 23.7 Å². The Bertz CT molecular complexity index is 418. The summed E-state index contributed by atoms with van der Waals surface area (Å²) < 4.78 is 1.73. The van der Waals surface area contributed by atoms with Crippen molar-refractivity contribution in [3.63, 3.8) is 0 Å². The van der Waals surface area contributed by atoms with Gasteiger partial charge in [0.1, 0.15) is 0 Å². The van der Waals surface area contributed by atoms with Crippen molar-refractivity contribution in [3.05, 3.63) is 17.4 Å². The van der Waals surface area contributed by atoms with Crippen LogP contribution in [-0.4, -0.2) is 33.7 Å². The van der Waals surface area contributed by atoms with E-state index in [0.29, 0.717) is 17.5 Å². The number of aromatic nitrogens is 2. The smallest absolute Gasteiger partial charge is 0.227 e. The Morgan fingerprint density at radius 1 is 1.67 bits per heavy atom. The molecule has 1 saturated heterocycles. The molecule has 0 bridgehead atoms. The molecular formula is C13H20ClN3O. The maximum Gasteiger partial charge on any atom is 0.227 e. The summed E-state index contributed by atoms with van der Waals surface area (Å²) in [6.07, 6.45) is 5.70. The van der Waals surface area contributed by atoms with E-state index in [2.05, 4.69) is 12.0 Å². The van der Waals surface area contributed by atoms with E-state index in [0.717, 1.165) is 19.5 Å². The highest BCUT2D eigenvalue weighted by molar-refractivity contribution is 6.30. The van der Waals surface area contributed by atoms with Crippen LogP contribution in [0.2, 0.25) is 5.02 Å². The van der Waals surface area contributed by atoms with Gasteiger partial charge in [-0.05, 0) is 18.8 Å². The molecule has 1 fully saturated rings. The van der Waals surface area contributed by atoms with E-state index in [1.165, 1.54) is 6.42 Å². The summed E-state index contributed by atoms with van der Waals surface area (Å²) in [4.78, 5) is 14.3. The molecule has 100 valence electrons. The second kappa shape index (κ2) is 5.74. The van der Waals surface area contributed by atoms with Gasteiger partial charge in [-0.1, -0.05) is 25.4 Å². The van der Waals surface area contributed by atoms with Gasteiger partial charge in [-0.3, -0.25) is 9.48 Å². The quantitative estimate of drug-likeness (QED) is 0.845. The van der Waals surface area contributed by atoms with Gasteiger partial charge in [-0.2, -0.15) is 5.10 Å². The van der Waals surface area contributed by atoms with Crippen molar-refractivity contribution in [3.8, 4) is 0 Å². The van der Waals surface area contributed by atoms with Crippen LogP contribution in [0.25, 0.3) is 0 Å². The van der Waals surface area contributed by atoms with Crippen LogP contribution in [0, 0.1) is 11.8 Å². The van der Waals surface area contributed by atoms with Crippen LogP contribution >= 0.6 is 11.6 Å². The van der Waals surface area contributed by atoms with Crippen LogP contribution in [0.15, 0.2) is 12.4 Å². The molecule has 0 radical (unpaired) electrons. The van der Waals surface area contributed by atoms with Crippen LogP contribution in [0.5, 0.6) is 0 Å². The first-order chi connectivity index (χ1) is 8.56. The SMILES string of the molecule is CC1CCCN(C(=O)C(C)Cn2cc(Cl)cn2)C1. The standard InChI is InChI=1S/C13H20ClN3O/c1-10-4-3-5-16(7-10)13(18)11(2)8-17-9-12(14)6-15-17/h6,9-11H,3-5,7-8H2,1-2H3. The molecule has 18 heavy (non-hydrogen) atoms. The highest BCUT2D eigenvalue weighted by Gasteiger charge is 2.25. The van der Waals surface area contributed by atoms with Gasteiger partial charge >= 0.3 is 0 Å². The number of rotatable bonds is 3. The molecule has 5 heteroatoms. The van der Waals surface area contributed by atoms with E-state index in [-0.39, 0.29) is 11.8 Å². The van der Waals surface area contributed by atoms with E-state index in [1.54, 1.807) is 17.1 Å². The molecule has 2 unspecified atom stereocenters. The molecule has 1 aliphatic rings. The summed E-state index contributed by atoms with van der Waals surface area (Å²) in [5.74, 6) is 0.800. The van der Waals surface area contributed by atoms with Crippen LogP contribution in [-0.2, 0) is 11.3 Å². The van der Waals surface area contributed by atoms with Gasteiger partial charge in [-0.15, -0.1) is 0 Å². The first-order valence-corrected chi connectivity index (χ1v) is 6.91. The molecule has 2 rings (SSSR count). The Labute approximate surface area is 113 Å². The van der Waals surface area contributed by atoms with E-state index in [4.69, 9.17) is 11.6 Å². The van der Waals surface area contributed by atoms with Crippen LogP contribution in [0.1, 0.15) is 26.7 Å². The topological polar surface area (TPSA) is 38.1 Å². The lowest BCUT2D eigenvalue weighted by atomic mass is 9.99. The minimum absolute atomic E-state index is 0.0498. The minimum Gasteiger partial charge on any atom is -0.342 e. The van der Waals surface area contributed by atoms with Crippen molar-refractivity contribution in [2.75, 3.05) is 13.1 Å². The molecule has 1 aromatic rings. The Hall–Kier alpha value is -1.03. The molecule has 1 aromatic heterocycles. The second-order valence-corrected chi connectivity index (χ2v) is 5.75. The number of hydrogen-bond donors (Lipinski definition) is 0. The molecule has 2 atom stereocenters. The van der Waals surface area contributed by atoms with Crippen molar-refractivity contribution < 1.29 is 4.79 Å². The first-order valence-electron chi connectivity index (χ1n) is 6.53. The lowest BCUT2D eigenvalue weighted by Gasteiger charge is -2.32. The minimum atomic E-state index is -0.0498. The Morgan fingerprint density at radius 2 is 2.44 bits per heavy atom. The summed E-state index contributed by atoms with van der Waals surface area (Å²) in [5, 5.41) is 4.72. The average Bonchev–Trinajstić information content (AvgIpc) is 2.73. The number of amides is 1. The Balaban J connectivity index is 1.91. The average molecular weight is 270 g/mol. The Morgan fingerprint density at radius 3 is 3.06 bits per heavy atom. The predicted molar refractivity (Wildman–Crippen MR) is 71.4 cm³/mol. The monoisotopic (exact) mass is 269 g/mol. The molecule has 4 nitrogen and oxygen atoms in total. The van der Waals surface area contributed by atoms with E-state index >= 15 is 0 Å². The van der Waals surface area contributed by atoms with Crippen LogP contribution in [0.4, 0.5) is 0 Å². The van der Waals surface area contributed by atoms with Crippen molar-refractivity contribution in [2.24, 2.45) is 11.8 Å². The fourth-order valence-electron chi connectivity index (χ4n) is 2.50. The number of likely N-dealkylation sites (tertiary alicyclic amines) is 1. The number of carbonyl (C=O) groups is 1. The highest BCUT2D eigenvalue weighted by atomic mass is 35.5. The molecule has 1 amide bonds. The molecule has 0 saturated carbocycles. The van der Waals surface area contributed by atoms with Crippen LogP contribution in [0.3, 0.4) is 0 Å². The van der Waals surface area contributed by atoms with E-state index in [1.807, 2.05) is 11.8 Å². The molecular weight excluding hydrogens is 250 g/mol. The lowest BCUT2D eigenvalue weighted by Crippen LogP contribution is -2.42. The predicted octanol–water partition coefficient (Wildman–Crippen LogP) is 2.43. The maximum absolute atomic E-state index is 12.3. The maximum atomic E-state index is 12.3. The summed E-state index contributed by atoms with van der Waals surface area (Å²) in [6.45, 7) is 6.54. The van der Waals surface area contributed by atoms with Gasteiger partial charge in [-0.25, -0.2) is 0 Å². The summed E-state index contributed by atoms with van der Waals surface area (Å²) in [6, 6.07) is 0. The molecule has 1 aliphatic heterocycles. The van der Waals surface area contributed by atoms with Gasteiger partial charge < -0.3 is 4.90 Å².